The Morgan fingerprint density at radius 2 is 2.04 bits per heavy atom. The van der Waals surface area contributed by atoms with Crippen LogP contribution in [0, 0.1) is 0 Å². The van der Waals surface area contributed by atoms with Gasteiger partial charge in [0.05, 0.1) is 18.3 Å². The van der Waals surface area contributed by atoms with Crippen LogP contribution in [0.25, 0.3) is 32.1 Å². The molecule has 142 valence electrons. The number of nitrogens with one attached hydrogen (secondary N) is 1. The van der Waals surface area contributed by atoms with Gasteiger partial charge in [-0.15, -0.1) is 11.3 Å². The third-order valence-corrected chi connectivity index (χ3v) is 5.45. The average Bonchev–Trinajstić information content (AvgIpc) is 3.15. The number of carbonyl (C=O) groups is 1. The Hall–Kier alpha value is -3.03. The van der Waals surface area contributed by atoms with Crippen molar-refractivity contribution in [1.29, 1.82) is 0 Å². The summed E-state index contributed by atoms with van der Waals surface area (Å²) in [5.41, 5.74) is 1.60. The van der Waals surface area contributed by atoms with Crippen LogP contribution in [0.2, 0.25) is 0 Å². The molecular weight excluding hydrogens is 374 g/mol. The van der Waals surface area contributed by atoms with Crippen molar-refractivity contribution >= 4 is 38.2 Å². The van der Waals surface area contributed by atoms with Crippen LogP contribution >= 0.6 is 11.3 Å². The number of carbonyl (C=O) groups excluding carboxylic acids is 1. The first-order valence-corrected chi connectivity index (χ1v) is 9.77. The minimum Gasteiger partial charge on any atom is -0.383 e. The molecule has 0 unspecified atom stereocenters. The molecule has 4 aromatic rings. The van der Waals surface area contributed by atoms with Crippen molar-refractivity contribution in [2.24, 2.45) is 0 Å². The van der Waals surface area contributed by atoms with Crippen molar-refractivity contribution < 1.29 is 9.53 Å². The number of benzene rings is 2. The first kappa shape index (κ1) is 18.3. The van der Waals surface area contributed by atoms with Crippen LogP contribution in [-0.4, -0.2) is 35.7 Å². The molecule has 1 N–H and O–H groups in total. The molecule has 7 heteroatoms. The second-order valence-electron chi connectivity index (χ2n) is 6.41. The van der Waals surface area contributed by atoms with Crippen molar-refractivity contribution in [3.8, 4) is 11.1 Å². The number of amides is 1. The molecule has 2 heterocycles. The molecule has 0 fully saturated rings. The van der Waals surface area contributed by atoms with E-state index >= 15 is 0 Å². The normalized spacial score (nSPS) is 11.2. The number of nitrogens with zero attached hydrogens (tertiary/aromatic N) is 2. The van der Waals surface area contributed by atoms with Gasteiger partial charge in [0.2, 0.25) is 5.91 Å². The molecule has 0 saturated heterocycles. The van der Waals surface area contributed by atoms with Crippen molar-refractivity contribution in [2.75, 3.05) is 20.3 Å². The van der Waals surface area contributed by atoms with Crippen LogP contribution in [-0.2, 0) is 16.1 Å². The topological polar surface area (TPSA) is 73.2 Å². The lowest BCUT2D eigenvalue weighted by Gasteiger charge is -2.08. The van der Waals surface area contributed by atoms with Crippen LogP contribution in [0.4, 0.5) is 0 Å². The highest BCUT2D eigenvalue weighted by molar-refractivity contribution is 7.17. The second kappa shape index (κ2) is 7.92. The monoisotopic (exact) mass is 393 g/mol. The smallest absolute Gasteiger partial charge is 0.263 e. The van der Waals surface area contributed by atoms with Gasteiger partial charge in [-0.3, -0.25) is 14.2 Å². The van der Waals surface area contributed by atoms with E-state index in [1.165, 1.54) is 22.2 Å². The van der Waals surface area contributed by atoms with Gasteiger partial charge < -0.3 is 10.1 Å². The lowest BCUT2D eigenvalue weighted by molar-refractivity contribution is -0.121. The maximum atomic E-state index is 13.0. The fourth-order valence-corrected chi connectivity index (χ4v) is 4.06. The molecule has 2 aromatic carbocycles. The molecule has 6 nitrogen and oxygen atoms in total. The molecule has 0 aliphatic heterocycles. The molecule has 0 bridgehead atoms. The van der Waals surface area contributed by atoms with E-state index in [0.29, 0.717) is 23.4 Å². The molecule has 0 aliphatic rings. The van der Waals surface area contributed by atoms with Crippen LogP contribution in [0.5, 0.6) is 0 Å². The van der Waals surface area contributed by atoms with Crippen LogP contribution in [0.15, 0.2) is 59.0 Å². The largest absolute Gasteiger partial charge is 0.383 e. The highest BCUT2D eigenvalue weighted by Gasteiger charge is 2.15. The number of methoxy groups -OCH3 is 1. The van der Waals surface area contributed by atoms with Crippen LogP contribution < -0.4 is 10.9 Å². The van der Waals surface area contributed by atoms with E-state index in [4.69, 9.17) is 4.74 Å². The summed E-state index contributed by atoms with van der Waals surface area (Å²) in [7, 11) is 1.57. The average molecular weight is 393 g/mol. The van der Waals surface area contributed by atoms with E-state index < -0.39 is 0 Å². The number of aromatic nitrogens is 2. The summed E-state index contributed by atoms with van der Waals surface area (Å²) in [6.07, 6.45) is 1.43. The Morgan fingerprint density at radius 1 is 1.21 bits per heavy atom. The maximum Gasteiger partial charge on any atom is 0.263 e. The van der Waals surface area contributed by atoms with Crippen molar-refractivity contribution in [3.63, 3.8) is 0 Å². The van der Waals surface area contributed by atoms with E-state index in [9.17, 15) is 9.59 Å². The summed E-state index contributed by atoms with van der Waals surface area (Å²) in [6, 6.07) is 14.2. The summed E-state index contributed by atoms with van der Waals surface area (Å²) in [6.45, 7) is 0.758. The molecule has 0 aliphatic carbocycles. The van der Waals surface area contributed by atoms with E-state index in [1.54, 1.807) is 7.11 Å². The van der Waals surface area contributed by atoms with Crippen molar-refractivity contribution in [2.45, 2.75) is 6.54 Å². The lowest BCUT2D eigenvalue weighted by atomic mass is 10.0. The molecule has 1 amide bonds. The van der Waals surface area contributed by atoms with Gasteiger partial charge in [-0.05, 0) is 22.4 Å². The highest BCUT2D eigenvalue weighted by atomic mass is 32.1. The van der Waals surface area contributed by atoms with Gasteiger partial charge in [0.1, 0.15) is 11.4 Å². The van der Waals surface area contributed by atoms with Gasteiger partial charge in [0.25, 0.3) is 5.56 Å². The maximum absolute atomic E-state index is 13.0. The Balaban J connectivity index is 1.72. The summed E-state index contributed by atoms with van der Waals surface area (Å²) in [4.78, 5) is 30.1. The van der Waals surface area contributed by atoms with Crippen molar-refractivity contribution in [1.82, 2.24) is 14.9 Å². The second-order valence-corrected chi connectivity index (χ2v) is 7.27. The van der Waals surface area contributed by atoms with Gasteiger partial charge in [-0.1, -0.05) is 36.4 Å². The first-order chi connectivity index (χ1) is 13.7. The van der Waals surface area contributed by atoms with E-state index in [1.807, 2.05) is 35.7 Å². The molecule has 4 rings (SSSR count). The molecule has 0 radical (unpaired) electrons. The van der Waals surface area contributed by atoms with E-state index in [2.05, 4.69) is 22.4 Å². The summed E-state index contributed by atoms with van der Waals surface area (Å²) >= 11 is 1.43. The zero-order valence-corrected chi connectivity index (χ0v) is 16.2. The SMILES string of the molecule is COCCNC(=O)Cn1cnc2scc(-c3ccc4ccccc4c3)c2c1=O. The molecule has 2 aromatic heterocycles. The third-order valence-electron chi connectivity index (χ3n) is 4.56. The molecular formula is C21H19N3O3S. The fourth-order valence-electron chi connectivity index (χ4n) is 3.15. The number of hydrogen-bond acceptors (Lipinski definition) is 5. The van der Waals surface area contributed by atoms with Gasteiger partial charge in [0.15, 0.2) is 0 Å². The Labute approximate surface area is 165 Å². The summed E-state index contributed by atoms with van der Waals surface area (Å²) in [5, 5.41) is 7.48. The molecule has 0 spiro atoms. The van der Waals surface area contributed by atoms with Gasteiger partial charge in [0, 0.05) is 24.6 Å². The summed E-state index contributed by atoms with van der Waals surface area (Å²) in [5.74, 6) is -0.247. The number of rotatable bonds is 6. The Bertz CT molecular complexity index is 1210. The Kier molecular flexibility index (Phi) is 5.18. The standard InChI is InChI=1S/C21H19N3O3S/c1-27-9-8-22-18(25)11-24-13-23-20-19(21(24)26)17(12-28-20)16-7-6-14-4-2-3-5-15(14)10-16/h2-7,10,12-13H,8-9,11H2,1H3,(H,22,25). The van der Waals surface area contributed by atoms with Gasteiger partial charge in [-0.25, -0.2) is 4.98 Å². The predicted molar refractivity (Wildman–Crippen MR) is 112 cm³/mol. The van der Waals surface area contributed by atoms with Crippen molar-refractivity contribution in [3.05, 3.63) is 64.5 Å². The number of ether oxygens (including phenoxy) is 1. The minimum absolute atomic E-state index is 0.0709. The number of thiophene rings is 1. The van der Waals surface area contributed by atoms with Crippen LogP contribution in [0.3, 0.4) is 0 Å². The zero-order chi connectivity index (χ0) is 19.5. The third kappa shape index (κ3) is 3.54. The van der Waals surface area contributed by atoms with E-state index in [0.717, 1.165) is 21.9 Å². The van der Waals surface area contributed by atoms with E-state index in [-0.39, 0.29) is 18.0 Å². The summed E-state index contributed by atoms with van der Waals surface area (Å²) < 4.78 is 6.26. The van der Waals surface area contributed by atoms with Gasteiger partial charge in [-0.2, -0.15) is 0 Å². The first-order valence-electron chi connectivity index (χ1n) is 8.89. The number of hydrogen-bond donors (Lipinski definition) is 1. The lowest BCUT2D eigenvalue weighted by Crippen LogP contribution is -2.34. The Morgan fingerprint density at radius 3 is 2.86 bits per heavy atom. The number of fused-ring (bicyclic) bond motifs is 2. The predicted octanol–water partition coefficient (Wildman–Crippen LogP) is 3.04. The molecule has 0 saturated carbocycles. The van der Waals surface area contributed by atoms with Gasteiger partial charge >= 0.3 is 0 Å². The zero-order valence-electron chi connectivity index (χ0n) is 15.3. The fraction of sp³-hybridized carbons (Fsp3) is 0.190. The minimum atomic E-state index is -0.247. The van der Waals surface area contributed by atoms with Crippen LogP contribution in [0.1, 0.15) is 0 Å². The molecule has 0 atom stereocenters. The quantitative estimate of drug-likeness (QED) is 0.511. The highest BCUT2D eigenvalue weighted by Crippen LogP contribution is 2.32. The molecule has 28 heavy (non-hydrogen) atoms.